The Morgan fingerprint density at radius 2 is 2.06 bits per heavy atom. The van der Waals surface area contributed by atoms with Gasteiger partial charge in [0, 0.05) is 25.0 Å². The first-order valence-electron chi connectivity index (χ1n) is 6.28. The molecule has 0 N–H and O–H groups in total. The van der Waals surface area contributed by atoms with E-state index in [-0.39, 0.29) is 5.54 Å². The van der Waals surface area contributed by atoms with Crippen LogP contribution in [0.1, 0.15) is 32.3 Å². The van der Waals surface area contributed by atoms with E-state index in [9.17, 15) is 0 Å². The zero-order valence-corrected chi connectivity index (χ0v) is 10.7. The van der Waals surface area contributed by atoms with Gasteiger partial charge in [0.2, 0.25) is 0 Å². The Morgan fingerprint density at radius 3 is 2.71 bits per heavy atom. The minimum atomic E-state index is 0.220. The van der Waals surface area contributed by atoms with E-state index in [4.69, 9.17) is 5.26 Å². The summed E-state index contributed by atoms with van der Waals surface area (Å²) in [7, 11) is 0. The maximum absolute atomic E-state index is 8.80. The molecule has 1 saturated heterocycles. The Hall–Kier alpha value is -1.33. The molecule has 1 aromatic carbocycles. The third-order valence-electron chi connectivity index (χ3n) is 3.72. The van der Waals surface area contributed by atoms with E-state index in [1.807, 2.05) is 0 Å². The van der Waals surface area contributed by atoms with Crippen LogP contribution in [0.4, 0.5) is 0 Å². The van der Waals surface area contributed by atoms with E-state index in [1.54, 1.807) is 0 Å². The summed E-state index contributed by atoms with van der Waals surface area (Å²) in [5.74, 6) is 0.540. The minimum Gasteiger partial charge on any atom is -0.294 e. The summed E-state index contributed by atoms with van der Waals surface area (Å²) in [6, 6.07) is 12.9. The lowest BCUT2D eigenvalue weighted by atomic mass is 9.95. The molecular weight excluding hydrogens is 208 g/mol. The van der Waals surface area contributed by atoms with Crippen LogP contribution in [0.2, 0.25) is 0 Å². The van der Waals surface area contributed by atoms with Crippen molar-refractivity contribution in [3.8, 4) is 6.07 Å². The van der Waals surface area contributed by atoms with E-state index in [2.05, 4.69) is 55.1 Å². The molecule has 17 heavy (non-hydrogen) atoms. The number of likely N-dealkylation sites (tertiary alicyclic amines) is 1. The Bertz CT molecular complexity index is 403. The van der Waals surface area contributed by atoms with Crippen LogP contribution in [-0.2, 0) is 6.54 Å². The molecule has 90 valence electrons. The van der Waals surface area contributed by atoms with Gasteiger partial charge in [-0.1, -0.05) is 30.3 Å². The smallest absolute Gasteiger partial charge is 0.0625 e. The van der Waals surface area contributed by atoms with E-state index in [0.717, 1.165) is 19.5 Å². The van der Waals surface area contributed by atoms with E-state index in [0.29, 0.717) is 12.3 Å². The molecule has 0 aliphatic carbocycles. The molecule has 0 spiro atoms. The molecule has 0 radical (unpaired) electrons. The van der Waals surface area contributed by atoms with Crippen LogP contribution in [0.3, 0.4) is 0 Å². The molecule has 2 rings (SSSR count). The highest BCUT2D eigenvalue weighted by atomic mass is 15.2. The van der Waals surface area contributed by atoms with Crippen molar-refractivity contribution < 1.29 is 0 Å². The van der Waals surface area contributed by atoms with Crippen molar-refractivity contribution in [1.82, 2.24) is 4.90 Å². The second-order valence-electron chi connectivity index (χ2n) is 5.61. The highest BCUT2D eigenvalue weighted by Gasteiger charge is 2.37. The Kier molecular flexibility index (Phi) is 3.49. The molecule has 1 aromatic rings. The first-order chi connectivity index (χ1) is 8.12. The monoisotopic (exact) mass is 228 g/mol. The summed E-state index contributed by atoms with van der Waals surface area (Å²) in [5.41, 5.74) is 1.58. The number of hydrogen-bond acceptors (Lipinski definition) is 2. The highest BCUT2D eigenvalue weighted by Crippen LogP contribution is 2.35. The number of nitrogens with zero attached hydrogens (tertiary/aromatic N) is 2. The molecule has 0 amide bonds. The fraction of sp³-hybridized carbons (Fsp3) is 0.533. The standard InChI is InChI=1S/C15H20N2/c1-15(2)10-14(8-9-16)12-17(15)11-13-6-4-3-5-7-13/h3-7,14H,8,10-12H2,1-2H3. The van der Waals surface area contributed by atoms with Crippen LogP contribution in [-0.4, -0.2) is 17.0 Å². The van der Waals surface area contributed by atoms with Crippen LogP contribution in [0.25, 0.3) is 0 Å². The van der Waals surface area contributed by atoms with Crippen molar-refractivity contribution in [3.05, 3.63) is 35.9 Å². The van der Waals surface area contributed by atoms with Gasteiger partial charge in [-0.05, 0) is 31.7 Å². The first kappa shape index (κ1) is 12.1. The zero-order chi connectivity index (χ0) is 12.3. The maximum Gasteiger partial charge on any atom is 0.0625 e. The molecule has 2 nitrogen and oxygen atoms in total. The van der Waals surface area contributed by atoms with E-state index >= 15 is 0 Å². The van der Waals surface area contributed by atoms with Gasteiger partial charge in [-0.15, -0.1) is 0 Å². The van der Waals surface area contributed by atoms with Crippen LogP contribution in [0.5, 0.6) is 0 Å². The van der Waals surface area contributed by atoms with Gasteiger partial charge >= 0.3 is 0 Å². The van der Waals surface area contributed by atoms with Crippen LogP contribution >= 0.6 is 0 Å². The fourth-order valence-corrected chi connectivity index (χ4v) is 2.81. The first-order valence-corrected chi connectivity index (χ1v) is 6.28. The van der Waals surface area contributed by atoms with Gasteiger partial charge in [0.05, 0.1) is 6.07 Å². The summed E-state index contributed by atoms with van der Waals surface area (Å²) < 4.78 is 0. The van der Waals surface area contributed by atoms with E-state index < -0.39 is 0 Å². The normalized spacial score (nSPS) is 23.5. The third kappa shape index (κ3) is 2.87. The van der Waals surface area contributed by atoms with Crippen LogP contribution < -0.4 is 0 Å². The molecule has 0 bridgehead atoms. The third-order valence-corrected chi connectivity index (χ3v) is 3.72. The summed E-state index contributed by atoms with van der Waals surface area (Å²) in [6.07, 6.45) is 1.82. The molecule has 0 aromatic heterocycles. The molecule has 0 saturated carbocycles. The average Bonchev–Trinajstić information content (AvgIpc) is 2.55. The molecular formula is C15H20N2. The summed E-state index contributed by atoms with van der Waals surface area (Å²) in [5, 5.41) is 8.80. The summed E-state index contributed by atoms with van der Waals surface area (Å²) in [6.45, 7) is 6.62. The molecule has 1 aliphatic rings. The van der Waals surface area contributed by atoms with Gasteiger partial charge in [0.25, 0.3) is 0 Å². The zero-order valence-electron chi connectivity index (χ0n) is 10.7. The number of rotatable bonds is 3. The van der Waals surface area contributed by atoms with Gasteiger partial charge in [0.15, 0.2) is 0 Å². The maximum atomic E-state index is 8.80. The number of hydrogen-bond donors (Lipinski definition) is 0. The average molecular weight is 228 g/mol. The fourth-order valence-electron chi connectivity index (χ4n) is 2.81. The molecule has 2 heteroatoms. The number of benzene rings is 1. The Morgan fingerprint density at radius 1 is 1.35 bits per heavy atom. The van der Waals surface area contributed by atoms with Gasteiger partial charge < -0.3 is 0 Å². The molecule has 1 fully saturated rings. The second-order valence-corrected chi connectivity index (χ2v) is 5.61. The second kappa shape index (κ2) is 4.89. The van der Waals surface area contributed by atoms with Crippen LogP contribution in [0.15, 0.2) is 30.3 Å². The lowest BCUT2D eigenvalue weighted by Gasteiger charge is -2.31. The quantitative estimate of drug-likeness (QED) is 0.794. The Labute approximate surface area is 104 Å². The van der Waals surface area contributed by atoms with Gasteiger partial charge in [-0.3, -0.25) is 4.90 Å². The van der Waals surface area contributed by atoms with Crippen molar-refractivity contribution >= 4 is 0 Å². The van der Waals surface area contributed by atoms with Crippen molar-refractivity contribution in [2.45, 2.75) is 38.8 Å². The molecule has 1 aliphatic heterocycles. The minimum absolute atomic E-state index is 0.220. The predicted octanol–water partition coefficient (Wildman–Crippen LogP) is 3.20. The van der Waals surface area contributed by atoms with Crippen molar-refractivity contribution in [3.63, 3.8) is 0 Å². The number of nitriles is 1. The van der Waals surface area contributed by atoms with Crippen molar-refractivity contribution in [2.24, 2.45) is 5.92 Å². The van der Waals surface area contributed by atoms with Crippen LogP contribution in [0, 0.1) is 17.2 Å². The summed E-state index contributed by atoms with van der Waals surface area (Å²) >= 11 is 0. The SMILES string of the molecule is CC1(C)CC(CC#N)CN1Cc1ccccc1. The molecule has 1 atom stereocenters. The van der Waals surface area contributed by atoms with Gasteiger partial charge in [-0.2, -0.15) is 5.26 Å². The topological polar surface area (TPSA) is 27.0 Å². The van der Waals surface area contributed by atoms with E-state index in [1.165, 1.54) is 5.56 Å². The van der Waals surface area contributed by atoms with Crippen molar-refractivity contribution in [1.29, 1.82) is 5.26 Å². The predicted molar refractivity (Wildman–Crippen MR) is 69.3 cm³/mol. The molecule has 1 heterocycles. The summed E-state index contributed by atoms with van der Waals surface area (Å²) in [4.78, 5) is 2.50. The lowest BCUT2D eigenvalue weighted by Crippen LogP contribution is -2.37. The molecule has 1 unspecified atom stereocenters. The van der Waals surface area contributed by atoms with Gasteiger partial charge in [-0.25, -0.2) is 0 Å². The highest BCUT2D eigenvalue weighted by molar-refractivity contribution is 5.15. The lowest BCUT2D eigenvalue weighted by molar-refractivity contribution is 0.166. The largest absolute Gasteiger partial charge is 0.294 e. The van der Waals surface area contributed by atoms with Gasteiger partial charge in [0.1, 0.15) is 0 Å². The Balaban J connectivity index is 2.04. The van der Waals surface area contributed by atoms with Crippen molar-refractivity contribution in [2.75, 3.05) is 6.54 Å².